The van der Waals surface area contributed by atoms with Gasteiger partial charge in [-0.3, -0.25) is 0 Å². The molecular weight excluding hydrogens is 300 g/mol. The van der Waals surface area contributed by atoms with Crippen molar-refractivity contribution in [2.24, 2.45) is 5.92 Å². The molecule has 16 heavy (non-hydrogen) atoms. The van der Waals surface area contributed by atoms with Gasteiger partial charge in [0.1, 0.15) is 0 Å². The Bertz CT molecular complexity index is 320. The molecule has 0 aromatic rings. The zero-order chi connectivity index (χ0) is 12.8. The second-order valence-electron chi connectivity index (χ2n) is 3.36. The normalized spacial score (nSPS) is 15.2. The molecule has 0 rings (SSSR count). The topological polar surface area (TPSA) is 84.5 Å². The van der Waals surface area contributed by atoms with Crippen LogP contribution < -0.4 is 9.44 Å². The van der Waals surface area contributed by atoms with Gasteiger partial charge in [-0.05, 0) is 19.8 Å². The van der Waals surface area contributed by atoms with Crippen LogP contribution in [0.3, 0.4) is 0 Å². The monoisotopic (exact) mass is 316 g/mol. The van der Waals surface area contributed by atoms with Crippen LogP contribution in [0.4, 0.5) is 4.79 Å². The van der Waals surface area contributed by atoms with Gasteiger partial charge in [-0.1, -0.05) is 22.9 Å². The Kier molecular flexibility index (Phi) is 6.93. The van der Waals surface area contributed by atoms with Crippen LogP contribution in [-0.2, 0) is 14.9 Å². The lowest BCUT2D eigenvalue weighted by Gasteiger charge is -2.19. The number of hydrogen-bond acceptors (Lipinski definition) is 4. The van der Waals surface area contributed by atoms with Gasteiger partial charge in [-0.25, -0.2) is 9.52 Å². The minimum Gasteiger partial charge on any atom is -0.449 e. The third kappa shape index (κ3) is 6.29. The standard InChI is InChI=1S/C8H17BrN2O4S/c1-4-15-8(12)11-16(13,14)10-7(3)6(2)5-9/h6-7,10H,4-5H2,1-3H3,(H,11,12). The summed E-state index contributed by atoms with van der Waals surface area (Å²) in [4.78, 5) is 10.9. The predicted molar refractivity (Wildman–Crippen MR) is 64.6 cm³/mol. The summed E-state index contributed by atoms with van der Waals surface area (Å²) >= 11 is 3.25. The Hall–Kier alpha value is -0.340. The van der Waals surface area contributed by atoms with Gasteiger partial charge in [0.2, 0.25) is 0 Å². The van der Waals surface area contributed by atoms with E-state index in [0.717, 1.165) is 0 Å². The van der Waals surface area contributed by atoms with E-state index in [9.17, 15) is 13.2 Å². The molecule has 0 heterocycles. The Labute approximate surface area is 104 Å². The Morgan fingerprint density at radius 3 is 2.44 bits per heavy atom. The van der Waals surface area contributed by atoms with Gasteiger partial charge in [-0.2, -0.15) is 13.1 Å². The molecule has 8 heteroatoms. The largest absolute Gasteiger partial charge is 0.449 e. The van der Waals surface area contributed by atoms with Crippen molar-refractivity contribution in [2.75, 3.05) is 11.9 Å². The molecule has 0 aromatic carbocycles. The lowest BCUT2D eigenvalue weighted by atomic mass is 10.1. The van der Waals surface area contributed by atoms with Gasteiger partial charge in [0.15, 0.2) is 0 Å². The molecular formula is C8H17BrN2O4S. The quantitative estimate of drug-likeness (QED) is 0.716. The van der Waals surface area contributed by atoms with Crippen molar-refractivity contribution in [2.45, 2.75) is 26.8 Å². The minimum atomic E-state index is -3.85. The van der Waals surface area contributed by atoms with Crippen LogP contribution in [0.25, 0.3) is 0 Å². The highest BCUT2D eigenvalue weighted by molar-refractivity contribution is 9.09. The first-order chi connectivity index (χ1) is 7.32. The molecule has 0 aliphatic rings. The van der Waals surface area contributed by atoms with Gasteiger partial charge in [-0.15, -0.1) is 0 Å². The zero-order valence-electron chi connectivity index (χ0n) is 9.49. The molecule has 0 aromatic heterocycles. The van der Waals surface area contributed by atoms with E-state index in [1.807, 2.05) is 6.92 Å². The molecule has 0 fully saturated rings. The summed E-state index contributed by atoms with van der Waals surface area (Å²) in [5.41, 5.74) is 0. The van der Waals surface area contributed by atoms with Crippen molar-refractivity contribution in [3.05, 3.63) is 0 Å². The Morgan fingerprint density at radius 1 is 1.44 bits per heavy atom. The Morgan fingerprint density at radius 2 is 2.00 bits per heavy atom. The number of ether oxygens (including phenoxy) is 1. The summed E-state index contributed by atoms with van der Waals surface area (Å²) in [6.07, 6.45) is -0.978. The number of amides is 1. The fourth-order valence-electron chi connectivity index (χ4n) is 0.794. The van der Waals surface area contributed by atoms with Gasteiger partial charge in [0, 0.05) is 11.4 Å². The molecule has 1 amide bonds. The molecule has 2 unspecified atom stereocenters. The van der Waals surface area contributed by atoms with E-state index < -0.39 is 16.3 Å². The van der Waals surface area contributed by atoms with Crippen LogP contribution in [0.15, 0.2) is 0 Å². The maximum Gasteiger partial charge on any atom is 0.421 e. The SMILES string of the molecule is CCOC(=O)NS(=O)(=O)NC(C)C(C)CBr. The number of alkyl halides is 1. The van der Waals surface area contributed by atoms with Crippen LogP contribution >= 0.6 is 15.9 Å². The highest BCUT2D eigenvalue weighted by Gasteiger charge is 2.20. The molecule has 6 nitrogen and oxygen atoms in total. The van der Waals surface area contributed by atoms with E-state index in [0.29, 0.717) is 5.33 Å². The summed E-state index contributed by atoms with van der Waals surface area (Å²) in [5.74, 6) is 0.110. The van der Waals surface area contributed by atoms with E-state index in [2.05, 4.69) is 25.4 Å². The zero-order valence-corrected chi connectivity index (χ0v) is 11.9. The van der Waals surface area contributed by atoms with Gasteiger partial charge < -0.3 is 4.74 Å². The minimum absolute atomic E-state index is 0.110. The maximum atomic E-state index is 11.4. The molecule has 2 atom stereocenters. The van der Waals surface area contributed by atoms with Crippen molar-refractivity contribution in [1.82, 2.24) is 9.44 Å². The number of carbonyl (C=O) groups is 1. The van der Waals surface area contributed by atoms with Gasteiger partial charge >= 0.3 is 16.3 Å². The lowest BCUT2D eigenvalue weighted by Crippen LogP contribution is -2.46. The third-order valence-corrected chi connectivity index (χ3v) is 4.07. The van der Waals surface area contributed by atoms with Crippen LogP contribution in [0.5, 0.6) is 0 Å². The molecule has 0 aliphatic heterocycles. The van der Waals surface area contributed by atoms with E-state index in [-0.39, 0.29) is 18.6 Å². The number of carbonyl (C=O) groups excluding carboxylic acids is 1. The number of halogens is 1. The average molecular weight is 317 g/mol. The number of nitrogens with one attached hydrogen (secondary N) is 2. The highest BCUT2D eigenvalue weighted by Crippen LogP contribution is 2.06. The van der Waals surface area contributed by atoms with Crippen LogP contribution in [0, 0.1) is 5.92 Å². The van der Waals surface area contributed by atoms with E-state index in [1.165, 1.54) is 0 Å². The second kappa shape index (κ2) is 7.08. The summed E-state index contributed by atoms with van der Waals surface area (Å²) in [6, 6.07) is -0.286. The summed E-state index contributed by atoms with van der Waals surface area (Å²) in [6.45, 7) is 5.31. The molecule has 0 aliphatic carbocycles. The predicted octanol–water partition coefficient (Wildman–Crippen LogP) is 0.986. The van der Waals surface area contributed by atoms with Crippen LogP contribution in [0.2, 0.25) is 0 Å². The van der Waals surface area contributed by atoms with Crippen molar-refractivity contribution in [3.63, 3.8) is 0 Å². The van der Waals surface area contributed by atoms with Crippen molar-refractivity contribution in [1.29, 1.82) is 0 Å². The van der Waals surface area contributed by atoms with Crippen LogP contribution in [0.1, 0.15) is 20.8 Å². The molecule has 2 N–H and O–H groups in total. The molecule has 96 valence electrons. The first-order valence-corrected chi connectivity index (χ1v) is 7.45. The molecule has 0 radical (unpaired) electrons. The molecule has 0 spiro atoms. The molecule has 0 saturated carbocycles. The average Bonchev–Trinajstić information content (AvgIpc) is 2.14. The van der Waals surface area contributed by atoms with E-state index >= 15 is 0 Å². The van der Waals surface area contributed by atoms with Crippen molar-refractivity contribution < 1.29 is 17.9 Å². The lowest BCUT2D eigenvalue weighted by molar-refractivity contribution is 0.158. The maximum absolute atomic E-state index is 11.4. The number of hydrogen-bond donors (Lipinski definition) is 2. The van der Waals surface area contributed by atoms with Gasteiger partial charge in [0.05, 0.1) is 6.61 Å². The Balaban J connectivity index is 4.30. The highest BCUT2D eigenvalue weighted by atomic mass is 79.9. The van der Waals surface area contributed by atoms with Gasteiger partial charge in [0.25, 0.3) is 0 Å². The fraction of sp³-hybridized carbons (Fsp3) is 0.875. The first-order valence-electron chi connectivity index (χ1n) is 4.85. The molecule has 0 saturated heterocycles. The first kappa shape index (κ1) is 15.7. The summed E-state index contributed by atoms with van der Waals surface area (Å²) < 4.78 is 31.4. The van der Waals surface area contributed by atoms with E-state index in [1.54, 1.807) is 18.6 Å². The fourth-order valence-corrected chi connectivity index (χ4v) is 2.41. The summed E-state index contributed by atoms with van der Waals surface area (Å²) in [5, 5.41) is 0.663. The molecule has 0 bridgehead atoms. The van der Waals surface area contributed by atoms with Crippen LogP contribution in [-0.4, -0.2) is 32.5 Å². The smallest absolute Gasteiger partial charge is 0.421 e. The second-order valence-corrected chi connectivity index (χ2v) is 5.46. The third-order valence-electron chi connectivity index (χ3n) is 1.93. The van der Waals surface area contributed by atoms with Crippen molar-refractivity contribution in [3.8, 4) is 0 Å². The van der Waals surface area contributed by atoms with Crippen molar-refractivity contribution >= 4 is 32.2 Å². The number of rotatable bonds is 6. The summed E-state index contributed by atoms with van der Waals surface area (Å²) in [7, 11) is -3.85. The van der Waals surface area contributed by atoms with E-state index in [4.69, 9.17) is 0 Å².